The fourth-order valence-corrected chi connectivity index (χ4v) is 5.19. The molecule has 0 bridgehead atoms. The van der Waals surface area contributed by atoms with Crippen LogP contribution in [0.3, 0.4) is 0 Å². The SMILES string of the molecule is Cc1ccc(N2C(=O)[C@H]3N=NN(CC(=O)N4N=C(c5ccc(OC(F)F)cc5)C[C@@H]4c4ccccc4)[C@H]3C2=O)cc1. The number of fused-ring (bicyclic) bond motifs is 1. The van der Waals surface area contributed by atoms with E-state index in [0.717, 1.165) is 16.0 Å². The Morgan fingerprint density at radius 1 is 0.976 bits per heavy atom. The van der Waals surface area contributed by atoms with Gasteiger partial charge in [0.25, 0.3) is 17.7 Å². The van der Waals surface area contributed by atoms with Crippen molar-refractivity contribution in [2.24, 2.45) is 15.4 Å². The van der Waals surface area contributed by atoms with Gasteiger partial charge in [0.15, 0.2) is 12.1 Å². The van der Waals surface area contributed by atoms with Gasteiger partial charge < -0.3 is 4.74 Å². The summed E-state index contributed by atoms with van der Waals surface area (Å²) in [5.74, 6) is -1.43. The van der Waals surface area contributed by atoms with Crippen LogP contribution in [-0.2, 0) is 14.4 Å². The molecule has 0 aliphatic carbocycles. The molecule has 0 aromatic heterocycles. The monoisotopic (exact) mass is 558 g/mol. The summed E-state index contributed by atoms with van der Waals surface area (Å²) in [7, 11) is 0. The van der Waals surface area contributed by atoms with E-state index in [1.807, 2.05) is 37.3 Å². The van der Waals surface area contributed by atoms with Crippen molar-refractivity contribution in [3.8, 4) is 5.75 Å². The van der Waals surface area contributed by atoms with Crippen molar-refractivity contribution < 1.29 is 27.9 Å². The Kier molecular flexibility index (Phi) is 6.73. The Hall–Kier alpha value is -5.00. The molecule has 0 radical (unpaired) electrons. The lowest BCUT2D eigenvalue weighted by Crippen LogP contribution is -2.44. The molecule has 10 nitrogen and oxygen atoms in total. The number of hydrazone groups is 1. The van der Waals surface area contributed by atoms with E-state index in [-0.39, 0.29) is 12.3 Å². The highest BCUT2D eigenvalue weighted by molar-refractivity contribution is 6.25. The molecule has 208 valence electrons. The lowest BCUT2D eigenvalue weighted by Gasteiger charge is -2.25. The molecule has 1 saturated heterocycles. The summed E-state index contributed by atoms with van der Waals surface area (Å²) in [6.07, 6.45) is 0.372. The van der Waals surface area contributed by atoms with Crippen LogP contribution in [0.5, 0.6) is 5.75 Å². The molecule has 0 unspecified atom stereocenters. The van der Waals surface area contributed by atoms with Crippen molar-refractivity contribution in [2.75, 3.05) is 11.4 Å². The van der Waals surface area contributed by atoms with Crippen molar-refractivity contribution >= 4 is 29.1 Å². The van der Waals surface area contributed by atoms with Crippen LogP contribution in [0, 0.1) is 6.92 Å². The lowest BCUT2D eigenvalue weighted by molar-refractivity contribution is -0.135. The molecule has 1 fully saturated rings. The van der Waals surface area contributed by atoms with Crippen LogP contribution in [0.1, 0.15) is 29.2 Å². The first-order valence-corrected chi connectivity index (χ1v) is 12.9. The average Bonchev–Trinajstić information content (AvgIpc) is 3.65. The first-order chi connectivity index (χ1) is 19.8. The minimum absolute atomic E-state index is 0.0132. The third kappa shape index (κ3) is 4.92. The zero-order chi connectivity index (χ0) is 28.7. The smallest absolute Gasteiger partial charge is 0.387 e. The van der Waals surface area contributed by atoms with Crippen molar-refractivity contribution in [1.29, 1.82) is 0 Å². The van der Waals surface area contributed by atoms with E-state index in [9.17, 15) is 23.2 Å². The Morgan fingerprint density at radius 2 is 1.68 bits per heavy atom. The van der Waals surface area contributed by atoms with Crippen LogP contribution in [0.2, 0.25) is 0 Å². The van der Waals surface area contributed by atoms with Gasteiger partial charge in [-0.3, -0.25) is 19.4 Å². The number of ether oxygens (including phenoxy) is 1. The molecule has 41 heavy (non-hydrogen) atoms. The van der Waals surface area contributed by atoms with Gasteiger partial charge in [-0.25, -0.2) is 9.91 Å². The van der Waals surface area contributed by atoms with E-state index >= 15 is 0 Å². The molecule has 3 atom stereocenters. The molecule has 3 aliphatic heterocycles. The Balaban J connectivity index is 1.23. The molecule has 3 aromatic carbocycles. The van der Waals surface area contributed by atoms with Gasteiger partial charge in [-0.1, -0.05) is 53.3 Å². The second-order valence-electron chi connectivity index (χ2n) is 9.86. The van der Waals surface area contributed by atoms with Crippen molar-refractivity contribution in [3.05, 3.63) is 95.6 Å². The number of alkyl halides is 2. The number of hydrogen-bond acceptors (Lipinski definition) is 8. The minimum Gasteiger partial charge on any atom is -0.435 e. The van der Waals surface area contributed by atoms with Gasteiger partial charge in [-0.2, -0.15) is 19.0 Å². The number of halogens is 2. The highest BCUT2D eigenvalue weighted by Crippen LogP contribution is 2.35. The van der Waals surface area contributed by atoms with Crippen molar-refractivity contribution in [2.45, 2.75) is 38.1 Å². The molecule has 0 saturated carbocycles. The largest absolute Gasteiger partial charge is 0.435 e. The Labute approximate surface area is 233 Å². The maximum absolute atomic E-state index is 13.7. The van der Waals surface area contributed by atoms with Crippen LogP contribution in [0.4, 0.5) is 14.5 Å². The van der Waals surface area contributed by atoms with Gasteiger partial charge >= 0.3 is 6.61 Å². The molecule has 0 spiro atoms. The summed E-state index contributed by atoms with van der Waals surface area (Å²) < 4.78 is 29.6. The third-order valence-corrected chi connectivity index (χ3v) is 7.21. The summed E-state index contributed by atoms with van der Waals surface area (Å²) in [5, 5.41) is 15.2. The number of hydrogen-bond donors (Lipinski definition) is 0. The quantitative estimate of drug-likeness (QED) is 0.403. The topological polar surface area (TPSA) is 107 Å². The van der Waals surface area contributed by atoms with Gasteiger partial charge in [0.05, 0.1) is 17.4 Å². The Bertz CT molecular complexity index is 1550. The van der Waals surface area contributed by atoms with Gasteiger partial charge in [-0.15, -0.1) is 0 Å². The second kappa shape index (κ2) is 10.5. The van der Waals surface area contributed by atoms with Gasteiger partial charge in [0.2, 0.25) is 0 Å². The zero-order valence-electron chi connectivity index (χ0n) is 21.8. The number of benzene rings is 3. The standard InChI is InChI=1S/C29H24F2N6O4/c1-17-7-11-20(12-8-17)36-27(39)25-26(28(36)40)35(34-32-25)16-24(38)37-23(19-5-3-2-4-6-19)15-22(33-37)18-9-13-21(14-10-18)41-29(30)31/h2-14,23,25-26,29H,15-16H2,1H3/t23-,25+,26-/m1/s1. The first-order valence-electron chi connectivity index (χ1n) is 12.9. The number of anilines is 1. The van der Waals surface area contributed by atoms with Crippen LogP contribution < -0.4 is 9.64 Å². The Morgan fingerprint density at radius 3 is 2.37 bits per heavy atom. The van der Waals surface area contributed by atoms with E-state index in [0.29, 0.717) is 23.4 Å². The maximum Gasteiger partial charge on any atom is 0.387 e. The van der Waals surface area contributed by atoms with Crippen molar-refractivity contribution in [3.63, 3.8) is 0 Å². The molecular formula is C29H24F2N6O4. The number of rotatable bonds is 7. The highest BCUT2D eigenvalue weighted by atomic mass is 19.3. The first kappa shape index (κ1) is 26.2. The number of aryl methyl sites for hydroxylation is 1. The average molecular weight is 559 g/mol. The molecular weight excluding hydrogens is 534 g/mol. The molecule has 3 amide bonds. The fourth-order valence-electron chi connectivity index (χ4n) is 5.19. The number of amides is 3. The molecule has 0 N–H and O–H groups in total. The summed E-state index contributed by atoms with van der Waals surface area (Å²) >= 11 is 0. The normalized spacial score (nSPS) is 21.6. The summed E-state index contributed by atoms with van der Waals surface area (Å²) in [5.41, 5.74) is 3.49. The summed E-state index contributed by atoms with van der Waals surface area (Å²) in [6, 6.07) is 19.9. The number of carbonyl (C=O) groups excluding carboxylic acids is 3. The van der Waals surface area contributed by atoms with E-state index in [1.54, 1.807) is 36.4 Å². The molecule has 3 aliphatic rings. The summed E-state index contributed by atoms with van der Waals surface area (Å²) in [4.78, 5) is 41.1. The van der Waals surface area contributed by atoms with Crippen LogP contribution in [0.25, 0.3) is 0 Å². The highest BCUT2D eigenvalue weighted by Gasteiger charge is 2.55. The number of imide groups is 1. The van der Waals surface area contributed by atoms with E-state index in [1.165, 1.54) is 22.2 Å². The number of carbonyl (C=O) groups is 3. The van der Waals surface area contributed by atoms with Crippen molar-refractivity contribution in [1.82, 2.24) is 10.0 Å². The van der Waals surface area contributed by atoms with E-state index < -0.39 is 42.5 Å². The van der Waals surface area contributed by atoms with Crippen LogP contribution >= 0.6 is 0 Å². The third-order valence-electron chi connectivity index (χ3n) is 7.21. The van der Waals surface area contributed by atoms with Crippen LogP contribution in [-0.4, -0.2) is 58.7 Å². The predicted molar refractivity (Wildman–Crippen MR) is 143 cm³/mol. The maximum atomic E-state index is 13.7. The van der Waals surface area contributed by atoms with Gasteiger partial charge in [-0.05, 0) is 54.4 Å². The minimum atomic E-state index is -2.94. The summed E-state index contributed by atoms with van der Waals surface area (Å²) in [6.45, 7) is -1.36. The lowest BCUT2D eigenvalue weighted by atomic mass is 9.98. The van der Waals surface area contributed by atoms with E-state index in [4.69, 9.17) is 0 Å². The molecule has 12 heteroatoms. The van der Waals surface area contributed by atoms with Crippen LogP contribution in [0.15, 0.2) is 94.3 Å². The number of nitrogens with zero attached hydrogens (tertiary/aromatic N) is 6. The molecule has 3 heterocycles. The fraction of sp³-hybridized carbons (Fsp3) is 0.241. The van der Waals surface area contributed by atoms with Gasteiger partial charge in [0, 0.05) is 6.42 Å². The molecule has 6 rings (SSSR count). The molecule has 3 aromatic rings. The zero-order valence-corrected chi connectivity index (χ0v) is 21.8. The second-order valence-corrected chi connectivity index (χ2v) is 9.86. The van der Waals surface area contributed by atoms with E-state index in [2.05, 4.69) is 20.2 Å². The van der Waals surface area contributed by atoms with Gasteiger partial charge in [0.1, 0.15) is 12.3 Å². The predicted octanol–water partition coefficient (Wildman–Crippen LogP) is 4.27.